The van der Waals surface area contributed by atoms with Gasteiger partial charge in [0.25, 0.3) is 5.91 Å². The minimum atomic E-state index is -0.401. The Hall–Kier alpha value is -2.54. The SMILES string of the molecule is O=C(COC(=O)c1csc2c1CCCC2)NCCc1ccc2c(c1)OCCO2. The Morgan fingerprint density at radius 1 is 1.11 bits per heavy atom. The predicted molar refractivity (Wildman–Crippen MR) is 105 cm³/mol. The summed E-state index contributed by atoms with van der Waals surface area (Å²) >= 11 is 1.62. The zero-order valence-electron chi connectivity index (χ0n) is 15.6. The molecule has 2 aliphatic rings. The summed E-state index contributed by atoms with van der Waals surface area (Å²) in [6.07, 6.45) is 4.89. The zero-order chi connectivity index (χ0) is 19.3. The average Bonchev–Trinajstić information content (AvgIpc) is 3.16. The van der Waals surface area contributed by atoms with Crippen molar-refractivity contribution in [2.24, 2.45) is 0 Å². The smallest absolute Gasteiger partial charge is 0.339 e. The zero-order valence-corrected chi connectivity index (χ0v) is 16.4. The van der Waals surface area contributed by atoms with Crippen molar-refractivity contribution in [1.82, 2.24) is 5.32 Å². The molecule has 0 spiro atoms. The number of hydrogen-bond acceptors (Lipinski definition) is 6. The second kappa shape index (κ2) is 8.65. The van der Waals surface area contributed by atoms with Gasteiger partial charge in [0, 0.05) is 16.8 Å². The maximum absolute atomic E-state index is 12.3. The third-order valence-electron chi connectivity index (χ3n) is 4.96. The number of hydrogen-bond donors (Lipinski definition) is 1. The molecule has 1 aromatic heterocycles. The summed E-state index contributed by atoms with van der Waals surface area (Å²) in [6, 6.07) is 5.77. The maximum atomic E-state index is 12.3. The van der Waals surface area contributed by atoms with Gasteiger partial charge in [0.1, 0.15) is 13.2 Å². The summed E-state index contributed by atoms with van der Waals surface area (Å²) in [7, 11) is 0. The minimum Gasteiger partial charge on any atom is -0.486 e. The number of esters is 1. The van der Waals surface area contributed by atoms with Gasteiger partial charge in [0.15, 0.2) is 18.1 Å². The van der Waals surface area contributed by atoms with Gasteiger partial charge in [-0.05, 0) is 55.4 Å². The molecule has 4 rings (SSSR count). The Labute approximate surface area is 167 Å². The molecule has 0 radical (unpaired) electrons. The topological polar surface area (TPSA) is 73.9 Å². The molecule has 1 aromatic carbocycles. The Balaban J connectivity index is 1.22. The van der Waals surface area contributed by atoms with Gasteiger partial charge in [0.2, 0.25) is 0 Å². The Kier molecular flexibility index (Phi) is 5.81. The summed E-state index contributed by atoms with van der Waals surface area (Å²) in [4.78, 5) is 25.6. The molecule has 0 bridgehead atoms. The van der Waals surface area contributed by atoms with E-state index in [0.717, 1.165) is 41.9 Å². The van der Waals surface area contributed by atoms with Crippen molar-refractivity contribution in [2.75, 3.05) is 26.4 Å². The molecule has 0 fully saturated rings. The molecule has 0 saturated heterocycles. The number of nitrogens with one attached hydrogen (secondary N) is 1. The highest BCUT2D eigenvalue weighted by Crippen LogP contribution is 2.31. The molecular formula is C21H23NO5S. The molecule has 0 saturated carbocycles. The maximum Gasteiger partial charge on any atom is 0.339 e. The Morgan fingerprint density at radius 2 is 1.93 bits per heavy atom. The van der Waals surface area contributed by atoms with Crippen molar-refractivity contribution in [3.63, 3.8) is 0 Å². The first-order valence-electron chi connectivity index (χ1n) is 9.62. The molecule has 2 aromatic rings. The molecule has 148 valence electrons. The van der Waals surface area contributed by atoms with Crippen LogP contribution in [0.1, 0.15) is 39.2 Å². The van der Waals surface area contributed by atoms with E-state index in [-0.39, 0.29) is 12.5 Å². The van der Waals surface area contributed by atoms with Crippen LogP contribution in [0.2, 0.25) is 0 Å². The highest BCUT2D eigenvalue weighted by Gasteiger charge is 2.21. The van der Waals surface area contributed by atoms with Gasteiger partial charge in [-0.25, -0.2) is 4.79 Å². The number of rotatable bonds is 6. The fraction of sp³-hybridized carbons (Fsp3) is 0.429. The number of fused-ring (bicyclic) bond motifs is 2. The van der Waals surface area contributed by atoms with Crippen LogP contribution < -0.4 is 14.8 Å². The quantitative estimate of drug-likeness (QED) is 0.754. The first-order valence-corrected chi connectivity index (χ1v) is 10.5. The van der Waals surface area contributed by atoms with Crippen LogP contribution in [-0.4, -0.2) is 38.2 Å². The van der Waals surface area contributed by atoms with Gasteiger partial charge in [-0.3, -0.25) is 4.79 Å². The van der Waals surface area contributed by atoms with Crippen LogP contribution in [0, 0.1) is 0 Å². The molecule has 0 unspecified atom stereocenters. The van der Waals surface area contributed by atoms with E-state index in [1.165, 1.54) is 11.3 Å². The lowest BCUT2D eigenvalue weighted by atomic mass is 9.96. The number of amides is 1. The second-order valence-corrected chi connectivity index (χ2v) is 7.88. The van der Waals surface area contributed by atoms with E-state index in [4.69, 9.17) is 14.2 Å². The standard InChI is InChI=1S/C21H23NO5S/c23-20(12-27-21(24)16-13-28-19-4-2-1-3-15(16)19)22-8-7-14-5-6-17-18(11-14)26-10-9-25-17/h5-6,11,13H,1-4,7-10,12H2,(H,22,23). The third kappa shape index (κ3) is 4.30. The molecule has 1 N–H and O–H groups in total. The summed E-state index contributed by atoms with van der Waals surface area (Å²) < 4.78 is 16.3. The van der Waals surface area contributed by atoms with Crippen LogP contribution >= 0.6 is 11.3 Å². The van der Waals surface area contributed by atoms with Crippen LogP contribution in [-0.2, 0) is 28.8 Å². The van der Waals surface area contributed by atoms with Gasteiger partial charge in [0.05, 0.1) is 5.56 Å². The summed E-state index contributed by atoms with van der Waals surface area (Å²) in [6.45, 7) is 1.32. The van der Waals surface area contributed by atoms with Crippen molar-refractivity contribution in [2.45, 2.75) is 32.1 Å². The first kappa shape index (κ1) is 18.8. The molecular weight excluding hydrogens is 378 g/mol. The van der Waals surface area contributed by atoms with Crippen LogP contribution in [0.15, 0.2) is 23.6 Å². The molecule has 7 heteroatoms. The first-order chi connectivity index (χ1) is 13.7. The van der Waals surface area contributed by atoms with Crippen molar-refractivity contribution in [3.8, 4) is 11.5 Å². The summed E-state index contributed by atoms with van der Waals surface area (Å²) in [5.41, 5.74) is 2.79. The van der Waals surface area contributed by atoms with Gasteiger partial charge in [-0.2, -0.15) is 0 Å². The van der Waals surface area contributed by atoms with Gasteiger partial charge >= 0.3 is 5.97 Å². The van der Waals surface area contributed by atoms with Crippen molar-refractivity contribution in [3.05, 3.63) is 45.1 Å². The number of thiophene rings is 1. The van der Waals surface area contributed by atoms with Crippen LogP contribution in [0.3, 0.4) is 0 Å². The molecule has 1 amide bonds. The van der Waals surface area contributed by atoms with E-state index in [1.54, 1.807) is 11.3 Å². The van der Waals surface area contributed by atoms with Crippen molar-refractivity contribution >= 4 is 23.2 Å². The highest BCUT2D eigenvalue weighted by molar-refractivity contribution is 7.10. The number of benzene rings is 1. The van der Waals surface area contributed by atoms with E-state index in [0.29, 0.717) is 31.7 Å². The second-order valence-electron chi connectivity index (χ2n) is 6.91. The number of aryl methyl sites for hydroxylation is 1. The van der Waals surface area contributed by atoms with E-state index in [1.807, 2.05) is 23.6 Å². The van der Waals surface area contributed by atoms with E-state index in [2.05, 4.69) is 5.32 Å². The third-order valence-corrected chi connectivity index (χ3v) is 6.05. The van der Waals surface area contributed by atoms with Gasteiger partial charge in [-0.15, -0.1) is 11.3 Å². The van der Waals surface area contributed by atoms with Gasteiger partial charge in [-0.1, -0.05) is 6.07 Å². The van der Waals surface area contributed by atoms with Crippen LogP contribution in [0.25, 0.3) is 0 Å². The molecule has 0 atom stereocenters. The number of carbonyl (C=O) groups excluding carboxylic acids is 2. The molecule has 1 aliphatic heterocycles. The average molecular weight is 401 g/mol. The largest absolute Gasteiger partial charge is 0.486 e. The van der Waals surface area contributed by atoms with Crippen LogP contribution in [0.5, 0.6) is 11.5 Å². The Bertz CT molecular complexity index is 876. The lowest BCUT2D eigenvalue weighted by Crippen LogP contribution is -2.30. The monoisotopic (exact) mass is 401 g/mol. The van der Waals surface area contributed by atoms with E-state index >= 15 is 0 Å². The Morgan fingerprint density at radius 3 is 2.82 bits per heavy atom. The fourth-order valence-electron chi connectivity index (χ4n) is 3.51. The predicted octanol–water partition coefficient (Wildman–Crippen LogP) is 2.91. The molecule has 28 heavy (non-hydrogen) atoms. The number of ether oxygens (including phenoxy) is 3. The summed E-state index contributed by atoms with van der Waals surface area (Å²) in [5, 5.41) is 4.65. The summed E-state index contributed by atoms with van der Waals surface area (Å²) in [5.74, 6) is 0.793. The number of carbonyl (C=O) groups is 2. The van der Waals surface area contributed by atoms with Gasteiger partial charge < -0.3 is 19.5 Å². The minimum absolute atomic E-state index is 0.259. The van der Waals surface area contributed by atoms with Crippen molar-refractivity contribution < 1.29 is 23.8 Å². The van der Waals surface area contributed by atoms with Crippen molar-refractivity contribution in [1.29, 1.82) is 0 Å². The van der Waals surface area contributed by atoms with E-state index in [9.17, 15) is 9.59 Å². The van der Waals surface area contributed by atoms with E-state index < -0.39 is 5.97 Å². The molecule has 1 aliphatic carbocycles. The fourth-order valence-corrected chi connectivity index (χ4v) is 4.63. The molecule has 2 heterocycles. The lowest BCUT2D eigenvalue weighted by Gasteiger charge is -2.18. The van der Waals surface area contributed by atoms with Crippen LogP contribution in [0.4, 0.5) is 0 Å². The molecule has 6 nitrogen and oxygen atoms in total. The lowest BCUT2D eigenvalue weighted by molar-refractivity contribution is -0.124. The highest BCUT2D eigenvalue weighted by atomic mass is 32.1. The normalized spacial score (nSPS) is 14.9.